The summed E-state index contributed by atoms with van der Waals surface area (Å²) < 4.78 is 16.5. The zero-order chi connectivity index (χ0) is 18.4. The number of fused-ring (bicyclic) bond motifs is 1. The molecule has 26 heavy (non-hydrogen) atoms. The first kappa shape index (κ1) is 18.8. The number of carbonyl (C=O) groups is 1. The van der Waals surface area contributed by atoms with Gasteiger partial charge in [0.05, 0.1) is 6.61 Å². The summed E-state index contributed by atoms with van der Waals surface area (Å²) in [6.45, 7) is 8.85. The molecule has 6 heteroatoms. The van der Waals surface area contributed by atoms with Crippen LogP contribution < -0.4 is 19.5 Å². The van der Waals surface area contributed by atoms with Gasteiger partial charge in [0.25, 0.3) is 0 Å². The van der Waals surface area contributed by atoms with Crippen LogP contribution in [-0.2, 0) is 4.79 Å². The molecule has 1 aromatic rings. The van der Waals surface area contributed by atoms with Gasteiger partial charge in [0, 0.05) is 31.6 Å². The number of hydrogen-bond donors (Lipinski definition) is 1. The van der Waals surface area contributed by atoms with E-state index in [9.17, 15) is 4.79 Å². The Morgan fingerprint density at radius 3 is 3.04 bits per heavy atom. The minimum atomic E-state index is 0.0584. The molecule has 1 N–H and O–H groups in total. The van der Waals surface area contributed by atoms with E-state index in [0.717, 1.165) is 49.8 Å². The van der Waals surface area contributed by atoms with E-state index in [0.29, 0.717) is 12.5 Å². The molecule has 6 nitrogen and oxygen atoms in total. The third kappa shape index (κ3) is 5.27. The van der Waals surface area contributed by atoms with Gasteiger partial charge >= 0.3 is 0 Å². The van der Waals surface area contributed by atoms with Crippen molar-refractivity contribution in [3.05, 3.63) is 18.2 Å². The fourth-order valence-corrected chi connectivity index (χ4v) is 3.41. The lowest BCUT2D eigenvalue weighted by Crippen LogP contribution is -2.42. The molecule has 1 amide bonds. The van der Waals surface area contributed by atoms with E-state index < -0.39 is 0 Å². The highest BCUT2D eigenvalue weighted by atomic mass is 16.7. The lowest BCUT2D eigenvalue weighted by atomic mass is 9.97. The topological polar surface area (TPSA) is 60.0 Å². The maximum Gasteiger partial charge on any atom is 0.231 e. The monoisotopic (exact) mass is 362 g/mol. The number of hydrogen-bond acceptors (Lipinski definition) is 5. The zero-order valence-corrected chi connectivity index (χ0v) is 15.8. The van der Waals surface area contributed by atoms with Crippen LogP contribution in [0, 0.1) is 11.8 Å². The van der Waals surface area contributed by atoms with Gasteiger partial charge in [-0.05, 0) is 43.9 Å². The molecule has 1 atom stereocenters. The number of rotatable bonds is 8. The number of nitrogens with zero attached hydrogens (tertiary/aromatic N) is 1. The van der Waals surface area contributed by atoms with Crippen molar-refractivity contribution in [1.29, 1.82) is 0 Å². The van der Waals surface area contributed by atoms with E-state index in [4.69, 9.17) is 14.2 Å². The van der Waals surface area contributed by atoms with Crippen molar-refractivity contribution >= 4 is 5.91 Å². The van der Waals surface area contributed by atoms with Crippen LogP contribution in [-0.4, -0.2) is 50.4 Å². The molecule has 1 aromatic carbocycles. The second-order valence-electron chi connectivity index (χ2n) is 7.43. The smallest absolute Gasteiger partial charge is 0.231 e. The molecule has 2 heterocycles. The van der Waals surface area contributed by atoms with Gasteiger partial charge in [-0.2, -0.15) is 0 Å². The van der Waals surface area contributed by atoms with Crippen LogP contribution in [0.1, 0.15) is 33.1 Å². The summed E-state index contributed by atoms with van der Waals surface area (Å²) >= 11 is 0. The molecular formula is C20H30N2O4. The van der Waals surface area contributed by atoms with Crippen molar-refractivity contribution in [2.45, 2.75) is 33.1 Å². The van der Waals surface area contributed by atoms with Crippen molar-refractivity contribution in [1.82, 2.24) is 10.2 Å². The van der Waals surface area contributed by atoms with Crippen LogP contribution in [0.4, 0.5) is 0 Å². The summed E-state index contributed by atoms with van der Waals surface area (Å²) in [5, 5.41) is 3.07. The van der Waals surface area contributed by atoms with Gasteiger partial charge in [-0.1, -0.05) is 13.8 Å². The number of piperidine rings is 1. The Bertz CT molecular complexity index is 605. The number of nitrogens with one attached hydrogen (secondary N) is 1. The third-order valence-corrected chi connectivity index (χ3v) is 4.92. The van der Waals surface area contributed by atoms with E-state index >= 15 is 0 Å². The zero-order valence-electron chi connectivity index (χ0n) is 15.8. The van der Waals surface area contributed by atoms with Crippen LogP contribution >= 0.6 is 0 Å². The Hall–Kier alpha value is -1.95. The van der Waals surface area contributed by atoms with E-state index in [1.54, 1.807) is 0 Å². The molecule has 0 aromatic heterocycles. The number of benzene rings is 1. The van der Waals surface area contributed by atoms with Crippen LogP contribution in [0.2, 0.25) is 0 Å². The first-order valence-electron chi connectivity index (χ1n) is 9.64. The standard InChI is InChI=1S/C20H30N2O4/c1-15(2)20(23)21-12-16-5-3-8-22(13-16)9-4-10-24-17-6-7-18-19(11-17)26-14-25-18/h6-7,11,15-16H,3-5,8-10,12-14H2,1-2H3,(H,21,23). The molecule has 3 rings (SSSR count). The van der Waals surface area contributed by atoms with Crippen LogP contribution in [0.5, 0.6) is 17.2 Å². The van der Waals surface area contributed by atoms with E-state index in [1.165, 1.54) is 12.8 Å². The molecule has 0 radical (unpaired) electrons. The van der Waals surface area contributed by atoms with Gasteiger partial charge in [-0.3, -0.25) is 4.79 Å². The lowest BCUT2D eigenvalue weighted by molar-refractivity contribution is -0.124. The summed E-state index contributed by atoms with van der Waals surface area (Å²) in [4.78, 5) is 14.2. The Labute approximate surface area is 155 Å². The van der Waals surface area contributed by atoms with Gasteiger partial charge in [0.1, 0.15) is 5.75 Å². The van der Waals surface area contributed by atoms with Gasteiger partial charge in [-0.25, -0.2) is 0 Å². The minimum absolute atomic E-state index is 0.0584. The lowest BCUT2D eigenvalue weighted by Gasteiger charge is -2.32. The number of carbonyl (C=O) groups excluding carboxylic acids is 1. The number of likely N-dealkylation sites (tertiary alicyclic amines) is 1. The summed E-state index contributed by atoms with van der Waals surface area (Å²) in [5.74, 6) is 3.12. The van der Waals surface area contributed by atoms with E-state index in [2.05, 4.69) is 10.2 Å². The molecule has 2 aliphatic rings. The van der Waals surface area contributed by atoms with Gasteiger partial charge in [0.2, 0.25) is 12.7 Å². The van der Waals surface area contributed by atoms with Crippen molar-refractivity contribution in [2.75, 3.05) is 39.6 Å². The second kappa shape index (κ2) is 9.12. The number of ether oxygens (including phenoxy) is 3. The molecular weight excluding hydrogens is 332 g/mol. The normalized spacial score (nSPS) is 19.6. The maximum absolute atomic E-state index is 11.7. The average Bonchev–Trinajstić information content (AvgIpc) is 3.11. The quantitative estimate of drug-likeness (QED) is 0.721. The number of amides is 1. The average molecular weight is 362 g/mol. The fraction of sp³-hybridized carbons (Fsp3) is 0.650. The van der Waals surface area contributed by atoms with Crippen molar-refractivity contribution in [3.8, 4) is 17.2 Å². The third-order valence-electron chi connectivity index (χ3n) is 4.92. The molecule has 1 saturated heterocycles. The van der Waals surface area contributed by atoms with Crippen molar-refractivity contribution in [3.63, 3.8) is 0 Å². The van der Waals surface area contributed by atoms with Crippen LogP contribution in [0.15, 0.2) is 18.2 Å². The summed E-state index contributed by atoms with van der Waals surface area (Å²) in [5.41, 5.74) is 0. The second-order valence-corrected chi connectivity index (χ2v) is 7.43. The first-order valence-corrected chi connectivity index (χ1v) is 9.64. The molecule has 0 aliphatic carbocycles. The highest BCUT2D eigenvalue weighted by molar-refractivity contribution is 5.77. The largest absolute Gasteiger partial charge is 0.493 e. The fourth-order valence-electron chi connectivity index (χ4n) is 3.41. The summed E-state index contributed by atoms with van der Waals surface area (Å²) in [6, 6.07) is 5.69. The molecule has 1 unspecified atom stereocenters. The Morgan fingerprint density at radius 1 is 1.35 bits per heavy atom. The summed E-state index contributed by atoms with van der Waals surface area (Å²) in [7, 11) is 0. The Kier molecular flexibility index (Phi) is 6.61. The highest BCUT2D eigenvalue weighted by Gasteiger charge is 2.20. The molecule has 0 bridgehead atoms. The molecule has 144 valence electrons. The highest BCUT2D eigenvalue weighted by Crippen LogP contribution is 2.35. The summed E-state index contributed by atoms with van der Waals surface area (Å²) in [6.07, 6.45) is 3.38. The van der Waals surface area contributed by atoms with Crippen LogP contribution in [0.3, 0.4) is 0 Å². The van der Waals surface area contributed by atoms with E-state index in [1.807, 2.05) is 32.0 Å². The molecule has 0 saturated carbocycles. The van der Waals surface area contributed by atoms with Crippen molar-refractivity contribution in [2.24, 2.45) is 11.8 Å². The van der Waals surface area contributed by atoms with E-state index in [-0.39, 0.29) is 18.6 Å². The first-order chi connectivity index (χ1) is 12.6. The van der Waals surface area contributed by atoms with Crippen LogP contribution in [0.25, 0.3) is 0 Å². The maximum atomic E-state index is 11.7. The van der Waals surface area contributed by atoms with Crippen molar-refractivity contribution < 1.29 is 19.0 Å². The van der Waals surface area contributed by atoms with Gasteiger partial charge < -0.3 is 24.4 Å². The SMILES string of the molecule is CC(C)C(=O)NCC1CCCN(CCCOc2ccc3c(c2)OCO3)C1. The predicted octanol–water partition coefficient (Wildman–Crippen LogP) is 2.67. The minimum Gasteiger partial charge on any atom is -0.493 e. The molecule has 0 spiro atoms. The Balaban J connectivity index is 1.33. The van der Waals surface area contributed by atoms with Gasteiger partial charge in [0.15, 0.2) is 11.5 Å². The predicted molar refractivity (Wildman–Crippen MR) is 99.7 cm³/mol. The Morgan fingerprint density at radius 2 is 2.19 bits per heavy atom. The molecule has 1 fully saturated rings. The van der Waals surface area contributed by atoms with Gasteiger partial charge in [-0.15, -0.1) is 0 Å². The molecule has 2 aliphatic heterocycles.